The number of piperazine rings is 1. The molecular formula is C21H24N6O. The lowest BCUT2D eigenvalue weighted by Crippen LogP contribution is -2.49. The van der Waals surface area contributed by atoms with Gasteiger partial charge in [-0.1, -0.05) is 18.2 Å². The summed E-state index contributed by atoms with van der Waals surface area (Å²) in [5, 5.41) is 3.36. The summed E-state index contributed by atoms with van der Waals surface area (Å²) in [6.45, 7) is 2.11. The Balaban J connectivity index is 1.55. The third-order valence-electron chi connectivity index (χ3n) is 5.14. The van der Waals surface area contributed by atoms with Crippen LogP contribution in [0.15, 0.2) is 61.1 Å². The molecule has 28 heavy (non-hydrogen) atoms. The summed E-state index contributed by atoms with van der Waals surface area (Å²) in [6.07, 6.45) is 5.33. The number of amides is 1. The zero-order valence-corrected chi connectivity index (χ0v) is 16.1. The number of carbonyl (C=O) groups is 1. The molecular weight excluding hydrogens is 352 g/mol. The van der Waals surface area contributed by atoms with Crippen molar-refractivity contribution in [2.24, 2.45) is 7.05 Å². The second-order valence-corrected chi connectivity index (χ2v) is 6.91. The lowest BCUT2D eigenvalue weighted by Gasteiger charge is -2.35. The second kappa shape index (κ2) is 7.82. The Hall–Kier alpha value is -3.19. The molecule has 0 aliphatic carbocycles. The summed E-state index contributed by atoms with van der Waals surface area (Å²) in [7, 11) is 3.92. The standard InChI is InChI=1S/C21H24N6O/c1-25-12-11-23-20(25)18-15-22-10-13-27(18)21(28)16-8-9-19(24-14-16)26(2)17-6-4-3-5-7-17/h3-9,11-12,14,18,22H,10,13,15H2,1-2H3. The SMILES string of the molecule is CN(c1ccccc1)c1ccc(C(=O)N2CCNCC2c2nccn2C)cn1. The normalized spacial score (nSPS) is 16.8. The highest BCUT2D eigenvalue weighted by molar-refractivity contribution is 5.94. The maximum absolute atomic E-state index is 13.2. The third-order valence-corrected chi connectivity index (χ3v) is 5.14. The largest absolute Gasteiger partial charge is 0.336 e. The predicted molar refractivity (Wildman–Crippen MR) is 109 cm³/mol. The Labute approximate surface area is 164 Å². The molecule has 3 aromatic rings. The molecule has 0 bridgehead atoms. The quantitative estimate of drug-likeness (QED) is 0.757. The van der Waals surface area contributed by atoms with E-state index in [9.17, 15) is 4.79 Å². The fraction of sp³-hybridized carbons (Fsp3) is 0.286. The number of nitrogens with one attached hydrogen (secondary N) is 1. The van der Waals surface area contributed by atoms with E-state index >= 15 is 0 Å². The number of rotatable bonds is 4. The molecule has 1 unspecified atom stereocenters. The van der Waals surface area contributed by atoms with E-state index in [-0.39, 0.29) is 11.9 Å². The molecule has 144 valence electrons. The number of hydrogen-bond acceptors (Lipinski definition) is 5. The molecule has 1 saturated heterocycles. The summed E-state index contributed by atoms with van der Waals surface area (Å²) < 4.78 is 1.97. The molecule has 1 aliphatic heterocycles. The minimum absolute atomic E-state index is 0.0177. The molecule has 3 heterocycles. The third kappa shape index (κ3) is 3.48. The number of para-hydroxylation sites is 1. The van der Waals surface area contributed by atoms with Crippen molar-refractivity contribution in [2.75, 3.05) is 31.6 Å². The summed E-state index contributed by atoms with van der Waals surface area (Å²) in [6, 6.07) is 13.7. The van der Waals surface area contributed by atoms with Crippen LogP contribution in [0.1, 0.15) is 22.2 Å². The van der Waals surface area contributed by atoms with Gasteiger partial charge in [-0.3, -0.25) is 4.79 Å². The zero-order chi connectivity index (χ0) is 19.5. The summed E-state index contributed by atoms with van der Waals surface area (Å²) in [5.41, 5.74) is 1.64. The number of hydrogen-bond donors (Lipinski definition) is 1. The first kappa shape index (κ1) is 18.2. The number of imidazole rings is 1. The lowest BCUT2D eigenvalue weighted by molar-refractivity contribution is 0.0620. The first-order valence-corrected chi connectivity index (χ1v) is 9.39. The molecule has 7 heteroatoms. The van der Waals surface area contributed by atoms with Gasteiger partial charge < -0.3 is 19.7 Å². The van der Waals surface area contributed by atoms with Gasteiger partial charge in [0.25, 0.3) is 5.91 Å². The Morgan fingerprint density at radius 1 is 1.18 bits per heavy atom. The molecule has 1 aromatic carbocycles. The van der Waals surface area contributed by atoms with Gasteiger partial charge in [-0.2, -0.15) is 0 Å². The molecule has 1 fully saturated rings. The topological polar surface area (TPSA) is 66.3 Å². The van der Waals surface area contributed by atoms with Crippen molar-refractivity contribution in [3.8, 4) is 0 Å². The van der Waals surface area contributed by atoms with Crippen LogP contribution in [0.2, 0.25) is 0 Å². The van der Waals surface area contributed by atoms with Crippen molar-refractivity contribution >= 4 is 17.4 Å². The predicted octanol–water partition coefficient (Wildman–Crippen LogP) is 2.37. The number of aromatic nitrogens is 3. The number of nitrogens with zero attached hydrogens (tertiary/aromatic N) is 5. The van der Waals surface area contributed by atoms with Gasteiger partial charge in [0.05, 0.1) is 5.56 Å². The van der Waals surface area contributed by atoms with Crippen LogP contribution in [-0.4, -0.2) is 52.0 Å². The van der Waals surface area contributed by atoms with E-state index in [1.807, 2.05) is 77.1 Å². The average Bonchev–Trinajstić information content (AvgIpc) is 3.19. The highest BCUT2D eigenvalue weighted by Gasteiger charge is 2.31. The summed E-state index contributed by atoms with van der Waals surface area (Å²) in [5.74, 6) is 1.66. The molecule has 1 aliphatic rings. The van der Waals surface area contributed by atoms with Gasteiger partial charge in [0.2, 0.25) is 0 Å². The Morgan fingerprint density at radius 3 is 2.68 bits per heavy atom. The maximum atomic E-state index is 13.2. The van der Waals surface area contributed by atoms with E-state index in [1.165, 1.54) is 0 Å². The molecule has 1 N–H and O–H groups in total. The summed E-state index contributed by atoms with van der Waals surface area (Å²) in [4.78, 5) is 26.0. The monoisotopic (exact) mass is 376 g/mol. The minimum atomic E-state index is -0.0899. The van der Waals surface area contributed by atoms with Crippen molar-refractivity contribution in [1.29, 1.82) is 0 Å². The number of anilines is 2. The molecule has 0 spiro atoms. The Kier molecular flexibility index (Phi) is 5.08. The number of aryl methyl sites for hydroxylation is 1. The first-order chi connectivity index (χ1) is 13.6. The molecule has 2 aromatic heterocycles. The maximum Gasteiger partial charge on any atom is 0.256 e. The average molecular weight is 376 g/mol. The van der Waals surface area contributed by atoms with Gasteiger partial charge in [-0.05, 0) is 24.3 Å². The van der Waals surface area contributed by atoms with Crippen LogP contribution in [0.3, 0.4) is 0 Å². The van der Waals surface area contributed by atoms with E-state index in [2.05, 4.69) is 15.3 Å². The molecule has 4 rings (SSSR count). The fourth-order valence-electron chi connectivity index (χ4n) is 3.54. The van der Waals surface area contributed by atoms with E-state index in [0.29, 0.717) is 18.7 Å². The van der Waals surface area contributed by atoms with Crippen molar-refractivity contribution in [1.82, 2.24) is 24.8 Å². The van der Waals surface area contributed by atoms with Crippen LogP contribution in [0.5, 0.6) is 0 Å². The smallest absolute Gasteiger partial charge is 0.256 e. The molecule has 0 saturated carbocycles. The molecule has 7 nitrogen and oxygen atoms in total. The Bertz CT molecular complexity index is 937. The number of benzene rings is 1. The lowest BCUT2D eigenvalue weighted by atomic mass is 10.1. The van der Waals surface area contributed by atoms with Crippen molar-refractivity contribution in [2.45, 2.75) is 6.04 Å². The summed E-state index contributed by atoms with van der Waals surface area (Å²) >= 11 is 0. The van der Waals surface area contributed by atoms with Crippen molar-refractivity contribution in [3.05, 3.63) is 72.4 Å². The molecule has 0 radical (unpaired) electrons. The molecule has 1 amide bonds. The van der Waals surface area contributed by atoms with E-state index in [1.54, 1.807) is 12.4 Å². The minimum Gasteiger partial charge on any atom is -0.336 e. The van der Waals surface area contributed by atoms with Crippen LogP contribution < -0.4 is 10.2 Å². The van der Waals surface area contributed by atoms with Crippen molar-refractivity contribution < 1.29 is 4.79 Å². The highest BCUT2D eigenvalue weighted by atomic mass is 16.2. The highest BCUT2D eigenvalue weighted by Crippen LogP contribution is 2.24. The van der Waals surface area contributed by atoms with Crippen LogP contribution in [-0.2, 0) is 7.05 Å². The number of carbonyl (C=O) groups excluding carboxylic acids is 1. The second-order valence-electron chi connectivity index (χ2n) is 6.91. The van der Waals surface area contributed by atoms with E-state index in [4.69, 9.17) is 0 Å². The fourth-order valence-corrected chi connectivity index (χ4v) is 3.54. The number of pyridine rings is 1. The van der Waals surface area contributed by atoms with Crippen LogP contribution in [0, 0.1) is 0 Å². The first-order valence-electron chi connectivity index (χ1n) is 9.39. The van der Waals surface area contributed by atoms with Gasteiger partial charge in [0, 0.05) is 58.0 Å². The van der Waals surface area contributed by atoms with Crippen molar-refractivity contribution in [3.63, 3.8) is 0 Å². The zero-order valence-electron chi connectivity index (χ0n) is 16.1. The van der Waals surface area contributed by atoms with Crippen LogP contribution in [0.4, 0.5) is 11.5 Å². The van der Waals surface area contributed by atoms with Crippen LogP contribution >= 0.6 is 0 Å². The van der Waals surface area contributed by atoms with Gasteiger partial charge in [-0.15, -0.1) is 0 Å². The van der Waals surface area contributed by atoms with E-state index in [0.717, 1.165) is 23.9 Å². The Morgan fingerprint density at radius 2 is 2.00 bits per heavy atom. The van der Waals surface area contributed by atoms with Gasteiger partial charge in [-0.25, -0.2) is 9.97 Å². The molecule has 1 atom stereocenters. The van der Waals surface area contributed by atoms with E-state index < -0.39 is 0 Å². The van der Waals surface area contributed by atoms with Crippen LogP contribution in [0.25, 0.3) is 0 Å². The van der Waals surface area contributed by atoms with Gasteiger partial charge in [0.15, 0.2) is 0 Å². The van der Waals surface area contributed by atoms with Gasteiger partial charge >= 0.3 is 0 Å². The van der Waals surface area contributed by atoms with Gasteiger partial charge in [0.1, 0.15) is 17.7 Å².